The average molecular weight is 648 g/mol. The zero-order valence-corrected chi connectivity index (χ0v) is 26.8. The van der Waals surface area contributed by atoms with Crippen LogP contribution in [0.2, 0.25) is 0 Å². The molecule has 4 aromatic carbocycles. The lowest BCUT2D eigenvalue weighted by Gasteiger charge is -2.06. The second-order valence-electron chi connectivity index (χ2n) is 12.3. The van der Waals surface area contributed by atoms with Crippen molar-refractivity contribution in [3.8, 4) is 22.5 Å². The average Bonchev–Trinajstić information content (AvgIpc) is 3.51. The molecule has 0 fully saturated rings. The Morgan fingerprint density at radius 1 is 0.688 bits per heavy atom. The maximum Gasteiger partial charge on any atom is 0.252 e. The van der Waals surface area contributed by atoms with E-state index in [1.165, 1.54) is 35.4 Å². The van der Waals surface area contributed by atoms with Crippen molar-refractivity contribution in [2.45, 2.75) is 25.9 Å². The first-order valence-corrected chi connectivity index (χ1v) is 16.2. The molecule has 2 aromatic heterocycles. The van der Waals surface area contributed by atoms with E-state index in [0.717, 1.165) is 70.3 Å². The molecule has 0 unspecified atom stereocenters. The van der Waals surface area contributed by atoms with Crippen LogP contribution in [0.3, 0.4) is 0 Å². The Morgan fingerprint density at radius 2 is 1.15 bits per heavy atom. The number of halogens is 2. The Kier molecular flexibility index (Phi) is 8.51. The van der Waals surface area contributed by atoms with Crippen molar-refractivity contribution < 1.29 is 23.7 Å². The van der Waals surface area contributed by atoms with E-state index >= 15 is 0 Å². The Morgan fingerprint density at radius 3 is 1.58 bits per heavy atom. The minimum absolute atomic E-state index is 0.211. The normalized spacial score (nSPS) is 13.8. The summed E-state index contributed by atoms with van der Waals surface area (Å²) in [6.45, 7) is 2.85. The molecule has 8 nitrogen and oxygen atoms in total. The smallest absolute Gasteiger partial charge is 0.252 e. The van der Waals surface area contributed by atoms with Gasteiger partial charge in [-0.05, 0) is 72.0 Å². The minimum atomic E-state index is -0.404. The van der Waals surface area contributed by atoms with Crippen molar-refractivity contribution in [1.29, 1.82) is 0 Å². The molecule has 0 aliphatic carbocycles. The van der Waals surface area contributed by atoms with Gasteiger partial charge in [0.15, 0.2) is 0 Å². The van der Waals surface area contributed by atoms with E-state index in [2.05, 4.69) is 79.8 Å². The molecule has 2 aliphatic rings. The minimum Gasteiger partial charge on any atom is -0.354 e. The van der Waals surface area contributed by atoms with E-state index in [-0.39, 0.29) is 11.8 Å². The highest BCUT2D eigenvalue weighted by Crippen LogP contribution is 2.36. The number of carbonyl (C=O) groups excluding carboxylic acids is 2. The molecule has 8 rings (SSSR count). The van der Waals surface area contributed by atoms with Gasteiger partial charge in [0.05, 0.1) is 18.2 Å². The fraction of sp³-hybridized carbons (Fsp3) is 0.211. The second kappa shape index (κ2) is 13.1. The summed E-state index contributed by atoms with van der Waals surface area (Å²) in [6.07, 6.45) is 1.45. The monoisotopic (exact) mass is 647 g/mol. The number of aromatic nitrogens is 2. The van der Waals surface area contributed by atoms with Crippen molar-refractivity contribution >= 4 is 33.6 Å². The van der Waals surface area contributed by atoms with E-state index in [1.54, 1.807) is 0 Å². The van der Waals surface area contributed by atoms with Crippen LogP contribution < -0.4 is 21.3 Å². The van der Waals surface area contributed by atoms with Crippen LogP contribution in [0.5, 0.6) is 0 Å². The number of nitrogens with two attached hydrogens (primary N) is 1. The first-order chi connectivity index (χ1) is 23.3. The summed E-state index contributed by atoms with van der Waals surface area (Å²) in [4.78, 5) is 31.1. The van der Waals surface area contributed by atoms with Crippen molar-refractivity contribution in [3.63, 3.8) is 0 Å². The van der Waals surface area contributed by atoms with Gasteiger partial charge in [0.1, 0.15) is 18.2 Å². The fourth-order valence-electron chi connectivity index (χ4n) is 6.91. The number of rotatable bonds is 6. The highest BCUT2D eigenvalue weighted by atomic mass is 19.1. The van der Waals surface area contributed by atoms with Crippen LogP contribution in [-0.2, 0) is 25.9 Å². The molecule has 10 heteroatoms. The predicted octanol–water partition coefficient (Wildman–Crippen LogP) is 4.93. The van der Waals surface area contributed by atoms with Gasteiger partial charge in [0, 0.05) is 58.4 Å². The molecular formula is C38H37F2N6O2+. The second-order valence-corrected chi connectivity index (χ2v) is 12.3. The summed E-state index contributed by atoms with van der Waals surface area (Å²) in [7, 11) is 3.96. The van der Waals surface area contributed by atoms with Crippen molar-refractivity contribution in [2.75, 3.05) is 27.2 Å². The fourth-order valence-corrected chi connectivity index (χ4v) is 6.91. The van der Waals surface area contributed by atoms with Crippen molar-refractivity contribution in [3.05, 3.63) is 118 Å². The first-order valence-electron chi connectivity index (χ1n) is 16.2. The molecule has 2 aliphatic heterocycles. The Labute approximate surface area is 276 Å². The molecule has 48 heavy (non-hydrogen) atoms. The zero-order valence-electron chi connectivity index (χ0n) is 26.8. The summed E-state index contributed by atoms with van der Waals surface area (Å²) < 4.78 is 27.8. The van der Waals surface area contributed by atoms with E-state index < -0.39 is 11.6 Å². The van der Waals surface area contributed by atoms with Gasteiger partial charge in [-0.3, -0.25) is 9.59 Å². The summed E-state index contributed by atoms with van der Waals surface area (Å²) >= 11 is 0. The zero-order chi connectivity index (χ0) is 33.4. The van der Waals surface area contributed by atoms with Gasteiger partial charge < -0.3 is 31.2 Å². The number of H-pyrrole nitrogens is 2. The molecule has 4 heterocycles. The summed E-state index contributed by atoms with van der Waals surface area (Å²) in [5.74, 6) is -1.23. The molecule has 0 saturated carbocycles. The van der Waals surface area contributed by atoms with Crippen LogP contribution in [0.4, 0.5) is 8.78 Å². The quantitative estimate of drug-likeness (QED) is 0.154. The van der Waals surface area contributed by atoms with Gasteiger partial charge in [-0.2, -0.15) is 0 Å². The number of quaternary nitrogens is 1. The lowest BCUT2D eigenvalue weighted by Crippen LogP contribution is -2.77. The first kappa shape index (κ1) is 31.3. The Bertz CT molecular complexity index is 2010. The van der Waals surface area contributed by atoms with Gasteiger partial charge >= 0.3 is 0 Å². The van der Waals surface area contributed by atoms with E-state index in [4.69, 9.17) is 0 Å². The highest BCUT2D eigenvalue weighted by Gasteiger charge is 2.25. The summed E-state index contributed by atoms with van der Waals surface area (Å²) in [6, 6.07) is 22.2. The third-order valence-electron chi connectivity index (χ3n) is 9.05. The highest BCUT2D eigenvalue weighted by molar-refractivity contribution is 6.11. The van der Waals surface area contributed by atoms with Gasteiger partial charge in [-0.1, -0.05) is 48.5 Å². The Hall–Kier alpha value is -5.32. The van der Waals surface area contributed by atoms with Crippen LogP contribution in [0, 0.1) is 11.6 Å². The molecule has 6 aromatic rings. The third-order valence-corrected chi connectivity index (χ3v) is 9.05. The molecule has 244 valence electrons. The largest absolute Gasteiger partial charge is 0.354 e. The van der Waals surface area contributed by atoms with Crippen molar-refractivity contribution in [1.82, 2.24) is 25.9 Å². The number of aromatic amines is 2. The van der Waals surface area contributed by atoms with Crippen molar-refractivity contribution in [2.24, 2.45) is 0 Å². The number of hydrogen-bond acceptors (Lipinski definition) is 3. The lowest BCUT2D eigenvalue weighted by atomic mass is 9.99. The molecule has 0 bridgehead atoms. The van der Waals surface area contributed by atoms with Gasteiger partial charge in [0.2, 0.25) is 0 Å². The standard InChI is InChI=1S/2C19H18FN3O/c2*1-21-10-11-2-4-12(5-3-11)18-14-6-7-22-19(24)15-8-13(20)9-16(23-18)17(14)15/h2*2-5,8-9,21,23H,6-7,10H2,1H3,(H,22,24)/p+1. The number of hydrogen-bond donors (Lipinski definition) is 6. The van der Waals surface area contributed by atoms with Crippen LogP contribution in [-0.4, -0.2) is 49.0 Å². The number of nitrogens with one attached hydrogen (secondary N) is 5. The maximum absolute atomic E-state index is 13.9. The van der Waals surface area contributed by atoms with Crippen LogP contribution in [0.25, 0.3) is 44.3 Å². The van der Waals surface area contributed by atoms with E-state index in [0.29, 0.717) is 35.2 Å². The number of benzene rings is 4. The van der Waals surface area contributed by atoms with Gasteiger partial charge in [-0.25, -0.2) is 8.78 Å². The summed E-state index contributed by atoms with van der Waals surface area (Å²) in [5.41, 5.74) is 10.8. The molecular weight excluding hydrogens is 610 g/mol. The van der Waals surface area contributed by atoms with Crippen LogP contribution in [0.1, 0.15) is 43.0 Å². The lowest BCUT2D eigenvalue weighted by molar-refractivity contribution is -0.643. The predicted molar refractivity (Wildman–Crippen MR) is 184 cm³/mol. The van der Waals surface area contributed by atoms with Gasteiger partial charge in [0.25, 0.3) is 11.8 Å². The Balaban J connectivity index is 0.000000152. The molecule has 0 atom stereocenters. The SMILES string of the molecule is CNCc1ccc(-c2[nH]c3cc(F)cc4c3c2CCNC4=O)cc1.C[NH2+]Cc1ccc(-c2[nH]c3cc(F)cc4c3c2CCNC4=O)cc1. The molecule has 0 radical (unpaired) electrons. The van der Waals surface area contributed by atoms with E-state index in [1.807, 2.05) is 14.1 Å². The number of amides is 2. The molecule has 0 spiro atoms. The maximum atomic E-state index is 13.9. The number of carbonyl (C=O) groups is 2. The van der Waals surface area contributed by atoms with Crippen LogP contribution >= 0.6 is 0 Å². The third kappa shape index (κ3) is 5.85. The van der Waals surface area contributed by atoms with Crippen LogP contribution in [0.15, 0.2) is 72.8 Å². The molecule has 0 saturated heterocycles. The molecule has 7 N–H and O–H groups in total. The topological polar surface area (TPSA) is 118 Å². The molecule has 2 amide bonds. The van der Waals surface area contributed by atoms with Gasteiger partial charge in [-0.15, -0.1) is 0 Å². The summed E-state index contributed by atoms with van der Waals surface area (Å²) in [5, 5.41) is 12.6. The van der Waals surface area contributed by atoms with E-state index in [9.17, 15) is 18.4 Å².